The van der Waals surface area contributed by atoms with Gasteiger partial charge in [0, 0.05) is 45.0 Å². The minimum atomic E-state index is -0.568. The maximum atomic E-state index is 12.1. The largest absolute Gasteiger partial charge is 0.387 e. The molecule has 2 aromatic rings. The number of rotatable bonds is 4. The minimum absolute atomic E-state index is 0.241. The van der Waals surface area contributed by atoms with Crippen molar-refractivity contribution < 1.29 is 5.11 Å². The average molecular weight is 333 g/mol. The second-order valence-electron chi connectivity index (χ2n) is 6.32. The van der Waals surface area contributed by atoms with Gasteiger partial charge in [0.05, 0.1) is 17.5 Å². The van der Waals surface area contributed by atoms with E-state index in [0.717, 1.165) is 42.9 Å². The molecule has 2 aromatic heterocycles. The number of hydrogen-bond donors (Lipinski definition) is 2. The molecule has 0 saturated carbocycles. The maximum Gasteiger partial charge on any atom is 0.328 e. The fourth-order valence-corrected chi connectivity index (χ4v) is 3.02. The number of hydrogen-bond acceptors (Lipinski definition) is 5. The Hall–Kier alpha value is -2.19. The molecule has 0 aromatic carbocycles. The first kappa shape index (κ1) is 16.7. The predicted octanol–water partition coefficient (Wildman–Crippen LogP) is -0.228. The van der Waals surface area contributed by atoms with Crippen LogP contribution < -0.4 is 11.2 Å². The molecule has 0 fully saturated rings. The van der Waals surface area contributed by atoms with Crippen LogP contribution in [0.5, 0.6) is 0 Å². The topological polar surface area (TPSA) is 96.2 Å². The van der Waals surface area contributed by atoms with Crippen LogP contribution in [-0.4, -0.2) is 42.4 Å². The third-order valence-corrected chi connectivity index (χ3v) is 4.49. The van der Waals surface area contributed by atoms with E-state index >= 15 is 0 Å². The van der Waals surface area contributed by atoms with Gasteiger partial charge in [-0.2, -0.15) is 5.10 Å². The van der Waals surface area contributed by atoms with Gasteiger partial charge in [-0.25, -0.2) is 4.79 Å². The summed E-state index contributed by atoms with van der Waals surface area (Å²) in [7, 11) is 1.48. The van der Waals surface area contributed by atoms with Crippen LogP contribution in [0.4, 0.5) is 0 Å². The van der Waals surface area contributed by atoms with Crippen molar-refractivity contribution in [3.63, 3.8) is 0 Å². The van der Waals surface area contributed by atoms with Gasteiger partial charge < -0.3 is 10.1 Å². The van der Waals surface area contributed by atoms with E-state index in [4.69, 9.17) is 0 Å². The SMILES string of the molecule is C[C@H](O)c1cc2n(n1)CCCN(CCc1c[nH]c(=O)n(C)c1=O)C2. The highest BCUT2D eigenvalue weighted by molar-refractivity contribution is 5.13. The van der Waals surface area contributed by atoms with Gasteiger partial charge in [-0.15, -0.1) is 0 Å². The lowest BCUT2D eigenvalue weighted by molar-refractivity contribution is 0.193. The molecule has 0 radical (unpaired) electrons. The molecule has 1 aliphatic rings. The quantitative estimate of drug-likeness (QED) is 0.806. The first-order chi connectivity index (χ1) is 11.5. The Morgan fingerprint density at radius 3 is 2.92 bits per heavy atom. The highest BCUT2D eigenvalue weighted by Crippen LogP contribution is 2.17. The van der Waals surface area contributed by atoms with Crippen LogP contribution in [0, 0.1) is 0 Å². The zero-order valence-electron chi connectivity index (χ0n) is 14.0. The van der Waals surface area contributed by atoms with Crippen molar-refractivity contribution in [3.05, 3.63) is 50.1 Å². The van der Waals surface area contributed by atoms with Gasteiger partial charge in [0.2, 0.25) is 0 Å². The summed E-state index contributed by atoms with van der Waals surface area (Å²) < 4.78 is 3.06. The van der Waals surface area contributed by atoms with E-state index in [9.17, 15) is 14.7 Å². The molecule has 3 heterocycles. The Morgan fingerprint density at radius 1 is 1.38 bits per heavy atom. The summed E-state index contributed by atoms with van der Waals surface area (Å²) in [6, 6.07) is 1.95. The van der Waals surface area contributed by atoms with Gasteiger partial charge in [-0.05, 0) is 25.8 Å². The zero-order chi connectivity index (χ0) is 17.3. The van der Waals surface area contributed by atoms with Gasteiger partial charge in [0.15, 0.2) is 0 Å². The van der Waals surface area contributed by atoms with Crippen LogP contribution in [0.25, 0.3) is 0 Å². The number of nitrogens with zero attached hydrogens (tertiary/aromatic N) is 4. The van der Waals surface area contributed by atoms with Crippen molar-refractivity contribution in [2.24, 2.45) is 7.05 Å². The lowest BCUT2D eigenvalue weighted by atomic mass is 10.2. The van der Waals surface area contributed by atoms with Crippen LogP contribution in [0.1, 0.15) is 36.4 Å². The van der Waals surface area contributed by atoms with Crippen LogP contribution in [-0.2, 0) is 26.6 Å². The predicted molar refractivity (Wildman–Crippen MR) is 88.8 cm³/mol. The summed E-state index contributed by atoms with van der Waals surface area (Å²) >= 11 is 0. The fourth-order valence-electron chi connectivity index (χ4n) is 3.02. The van der Waals surface area contributed by atoms with Gasteiger partial charge in [-0.1, -0.05) is 0 Å². The lowest BCUT2D eigenvalue weighted by Gasteiger charge is -2.19. The maximum absolute atomic E-state index is 12.1. The lowest BCUT2D eigenvalue weighted by Crippen LogP contribution is -2.35. The summed E-state index contributed by atoms with van der Waals surface area (Å²) in [5.74, 6) is 0. The van der Waals surface area contributed by atoms with E-state index in [1.54, 1.807) is 6.92 Å². The Morgan fingerprint density at radius 2 is 2.17 bits per heavy atom. The third kappa shape index (κ3) is 3.34. The number of aliphatic hydroxyl groups excluding tert-OH is 1. The standard InChI is InChI=1S/C16H23N5O3/c1-11(22)14-8-13-10-20(5-3-6-21(13)18-14)7-4-12-9-17-16(24)19(2)15(12)23/h8-9,11,22H,3-7,10H2,1-2H3,(H,17,24)/t11-/m0/s1. The molecule has 8 nitrogen and oxygen atoms in total. The number of aliphatic hydroxyl groups is 1. The van der Waals surface area contributed by atoms with Gasteiger partial charge in [-0.3, -0.25) is 18.9 Å². The molecule has 3 rings (SSSR count). The molecule has 0 amide bonds. The smallest absolute Gasteiger partial charge is 0.328 e. The van der Waals surface area contributed by atoms with Crippen molar-refractivity contribution in [3.8, 4) is 0 Å². The van der Waals surface area contributed by atoms with Crippen LogP contribution in [0.15, 0.2) is 21.9 Å². The number of fused-ring (bicyclic) bond motifs is 1. The van der Waals surface area contributed by atoms with Gasteiger partial charge in [0.25, 0.3) is 5.56 Å². The molecule has 2 N–H and O–H groups in total. The number of aryl methyl sites for hydroxylation is 1. The Kier molecular flexibility index (Phi) is 4.68. The molecule has 0 aliphatic carbocycles. The molecule has 130 valence electrons. The van der Waals surface area contributed by atoms with E-state index in [1.807, 2.05) is 10.7 Å². The Labute approximate surface area is 139 Å². The van der Waals surface area contributed by atoms with E-state index in [-0.39, 0.29) is 5.56 Å². The zero-order valence-corrected chi connectivity index (χ0v) is 14.0. The minimum Gasteiger partial charge on any atom is -0.387 e. The molecular formula is C16H23N5O3. The van der Waals surface area contributed by atoms with Crippen molar-refractivity contribution in [2.75, 3.05) is 13.1 Å². The summed E-state index contributed by atoms with van der Waals surface area (Å²) in [6.07, 6.45) is 2.50. The Bertz CT molecular complexity index is 833. The number of nitrogens with one attached hydrogen (secondary N) is 1. The van der Waals surface area contributed by atoms with E-state index in [2.05, 4.69) is 15.0 Å². The molecule has 24 heavy (non-hydrogen) atoms. The summed E-state index contributed by atoms with van der Waals surface area (Å²) in [5, 5.41) is 14.1. The van der Waals surface area contributed by atoms with Gasteiger partial charge in [0.1, 0.15) is 0 Å². The first-order valence-corrected chi connectivity index (χ1v) is 8.20. The Balaban J connectivity index is 1.71. The molecule has 0 spiro atoms. The molecule has 0 saturated heterocycles. The summed E-state index contributed by atoms with van der Waals surface area (Å²) in [6.45, 7) is 4.95. The van der Waals surface area contributed by atoms with E-state index < -0.39 is 11.8 Å². The van der Waals surface area contributed by atoms with Crippen molar-refractivity contribution in [1.29, 1.82) is 0 Å². The number of aromatic amines is 1. The molecule has 1 atom stereocenters. The number of aromatic nitrogens is 4. The average Bonchev–Trinajstić information content (AvgIpc) is 2.85. The molecule has 1 aliphatic heterocycles. The summed E-state index contributed by atoms with van der Waals surface area (Å²) in [5.41, 5.74) is 1.75. The van der Waals surface area contributed by atoms with E-state index in [1.165, 1.54) is 13.2 Å². The summed E-state index contributed by atoms with van der Waals surface area (Å²) in [4.78, 5) is 28.4. The number of H-pyrrole nitrogens is 1. The van der Waals surface area contributed by atoms with Crippen LogP contribution in [0.3, 0.4) is 0 Å². The van der Waals surface area contributed by atoms with E-state index in [0.29, 0.717) is 17.7 Å². The third-order valence-electron chi connectivity index (χ3n) is 4.49. The monoisotopic (exact) mass is 333 g/mol. The molecule has 0 bridgehead atoms. The highest BCUT2D eigenvalue weighted by atomic mass is 16.3. The van der Waals surface area contributed by atoms with Crippen molar-refractivity contribution in [2.45, 2.75) is 39.0 Å². The van der Waals surface area contributed by atoms with Gasteiger partial charge >= 0.3 is 5.69 Å². The van der Waals surface area contributed by atoms with Crippen LogP contribution in [0.2, 0.25) is 0 Å². The second kappa shape index (κ2) is 6.74. The highest BCUT2D eigenvalue weighted by Gasteiger charge is 2.18. The fraction of sp³-hybridized carbons (Fsp3) is 0.562. The molecule has 0 unspecified atom stereocenters. The second-order valence-corrected chi connectivity index (χ2v) is 6.32. The van der Waals surface area contributed by atoms with Crippen molar-refractivity contribution >= 4 is 0 Å². The first-order valence-electron chi connectivity index (χ1n) is 8.20. The van der Waals surface area contributed by atoms with Crippen LogP contribution >= 0.6 is 0 Å². The molecular weight excluding hydrogens is 310 g/mol. The molecule has 8 heteroatoms. The van der Waals surface area contributed by atoms with Crippen molar-refractivity contribution in [1.82, 2.24) is 24.2 Å². The normalized spacial score (nSPS) is 16.6.